The molecule has 1 N–H and O–H groups in total. The van der Waals surface area contributed by atoms with Gasteiger partial charge in [-0.15, -0.1) is 0 Å². The molecule has 4 rings (SSSR count). The molecule has 0 aliphatic heterocycles. The molecule has 0 bridgehead atoms. The summed E-state index contributed by atoms with van der Waals surface area (Å²) in [4.78, 5) is 32.6. The largest absolute Gasteiger partial charge is 0.477 e. The van der Waals surface area contributed by atoms with E-state index in [0.29, 0.717) is 48.9 Å². The molecule has 0 unspecified atom stereocenters. The first-order valence-corrected chi connectivity index (χ1v) is 11.2. The Kier molecular flexibility index (Phi) is 5.54. The molecule has 0 spiro atoms. The van der Waals surface area contributed by atoms with Crippen LogP contribution in [0.1, 0.15) is 87.2 Å². The van der Waals surface area contributed by atoms with Crippen LogP contribution in [0.4, 0.5) is 0 Å². The first-order valence-electron chi connectivity index (χ1n) is 11.2. The highest BCUT2D eigenvalue weighted by molar-refractivity contribution is 5.98. The third kappa shape index (κ3) is 4.41. The Balaban J connectivity index is 1.52. The van der Waals surface area contributed by atoms with Crippen LogP contribution in [0, 0.1) is 5.92 Å². The predicted molar refractivity (Wildman–Crippen MR) is 111 cm³/mol. The van der Waals surface area contributed by atoms with Crippen LogP contribution in [0.2, 0.25) is 0 Å². The molecule has 158 valence electrons. The van der Waals surface area contributed by atoms with E-state index >= 15 is 0 Å². The van der Waals surface area contributed by atoms with Crippen molar-refractivity contribution >= 4 is 11.8 Å². The van der Waals surface area contributed by atoms with Crippen molar-refractivity contribution < 1.29 is 14.3 Å². The number of pyridine rings is 1. The van der Waals surface area contributed by atoms with Crippen molar-refractivity contribution in [3.05, 3.63) is 23.4 Å². The second-order valence-corrected chi connectivity index (χ2v) is 9.01. The number of ether oxygens (including phenoxy) is 1. The minimum absolute atomic E-state index is 0.00171. The van der Waals surface area contributed by atoms with Gasteiger partial charge in [-0.3, -0.25) is 9.59 Å². The number of nitrogens with zero attached hydrogens (tertiary/aromatic N) is 2. The van der Waals surface area contributed by atoms with Gasteiger partial charge in [0.15, 0.2) is 0 Å². The van der Waals surface area contributed by atoms with Crippen LogP contribution in [-0.2, 0) is 4.79 Å². The lowest BCUT2D eigenvalue weighted by molar-refractivity contribution is -0.137. The van der Waals surface area contributed by atoms with Crippen LogP contribution in [0.15, 0.2) is 12.1 Å². The van der Waals surface area contributed by atoms with Crippen molar-refractivity contribution in [2.24, 2.45) is 5.92 Å². The number of rotatable bonds is 10. The quantitative estimate of drug-likeness (QED) is 0.652. The molecule has 6 heteroatoms. The lowest BCUT2D eigenvalue weighted by Gasteiger charge is -2.35. The summed E-state index contributed by atoms with van der Waals surface area (Å²) in [6.45, 7) is 4.59. The summed E-state index contributed by atoms with van der Waals surface area (Å²) >= 11 is 0. The van der Waals surface area contributed by atoms with Crippen LogP contribution in [-0.4, -0.2) is 46.9 Å². The fraction of sp³-hybridized carbons (Fsp3) is 0.696. The molecule has 3 fully saturated rings. The monoisotopic (exact) mass is 399 g/mol. The molecule has 3 aliphatic carbocycles. The Morgan fingerprint density at radius 2 is 1.83 bits per heavy atom. The lowest BCUT2D eigenvalue weighted by atomic mass is 9.90. The summed E-state index contributed by atoms with van der Waals surface area (Å²) < 4.78 is 6.00. The van der Waals surface area contributed by atoms with Crippen molar-refractivity contribution in [2.45, 2.75) is 82.7 Å². The van der Waals surface area contributed by atoms with Crippen molar-refractivity contribution in [3.8, 4) is 5.88 Å². The zero-order valence-corrected chi connectivity index (χ0v) is 17.9. The van der Waals surface area contributed by atoms with E-state index in [0.717, 1.165) is 31.2 Å². The highest BCUT2D eigenvalue weighted by Crippen LogP contribution is 2.44. The van der Waals surface area contributed by atoms with Crippen LogP contribution < -0.4 is 10.1 Å². The summed E-state index contributed by atoms with van der Waals surface area (Å²) in [5.41, 5.74) is 0.553. The van der Waals surface area contributed by atoms with Gasteiger partial charge in [0.1, 0.15) is 11.2 Å². The van der Waals surface area contributed by atoms with E-state index in [4.69, 9.17) is 4.74 Å². The van der Waals surface area contributed by atoms with Gasteiger partial charge in [-0.05, 0) is 69.3 Å². The van der Waals surface area contributed by atoms with Crippen LogP contribution in [0.25, 0.3) is 0 Å². The lowest BCUT2D eigenvalue weighted by Crippen LogP contribution is -2.59. The van der Waals surface area contributed by atoms with E-state index in [1.807, 2.05) is 27.0 Å². The van der Waals surface area contributed by atoms with Gasteiger partial charge in [0.2, 0.25) is 11.8 Å². The van der Waals surface area contributed by atoms with Gasteiger partial charge >= 0.3 is 0 Å². The van der Waals surface area contributed by atoms with Crippen LogP contribution in [0.5, 0.6) is 5.88 Å². The van der Waals surface area contributed by atoms with E-state index in [-0.39, 0.29) is 11.8 Å². The Bertz CT molecular complexity index is 778. The molecule has 3 saturated carbocycles. The minimum Gasteiger partial charge on any atom is -0.477 e. The number of hydrogen-bond donors (Lipinski definition) is 1. The van der Waals surface area contributed by atoms with Gasteiger partial charge in [0.25, 0.3) is 5.91 Å². The normalized spacial score (nSPS) is 19.0. The Hall–Kier alpha value is -2.11. The van der Waals surface area contributed by atoms with Gasteiger partial charge in [-0.1, -0.05) is 19.9 Å². The molecule has 0 atom stereocenters. The maximum Gasteiger partial charge on any atom is 0.270 e. The van der Waals surface area contributed by atoms with Gasteiger partial charge < -0.3 is 15.0 Å². The standard InChI is InChI=1S/C23H33N3O3/c1-4-23(5-2,22(28)26(3)17-10-11-17)25-20(27)19-13-12-18(16-8-9-16)21(24-19)29-14-15-6-7-15/h12-13,15-17H,4-11,14H2,1-3H3,(H,25,27). The third-order valence-electron chi connectivity index (χ3n) is 6.68. The molecular weight excluding hydrogens is 366 g/mol. The third-order valence-corrected chi connectivity index (χ3v) is 6.68. The Labute approximate surface area is 173 Å². The van der Waals surface area contributed by atoms with E-state index in [1.54, 1.807) is 11.0 Å². The number of nitrogens with one attached hydrogen (secondary N) is 1. The van der Waals surface area contributed by atoms with Gasteiger partial charge in [0, 0.05) is 18.7 Å². The molecule has 1 heterocycles. The van der Waals surface area contributed by atoms with Gasteiger partial charge in [-0.2, -0.15) is 0 Å². The van der Waals surface area contributed by atoms with Gasteiger partial charge in [-0.25, -0.2) is 4.98 Å². The topological polar surface area (TPSA) is 71.5 Å². The molecule has 0 saturated heterocycles. The molecule has 3 aliphatic rings. The number of amides is 2. The second-order valence-electron chi connectivity index (χ2n) is 9.01. The van der Waals surface area contributed by atoms with Crippen molar-refractivity contribution in [2.75, 3.05) is 13.7 Å². The SMILES string of the molecule is CCC(CC)(NC(=O)c1ccc(C2CC2)c(OCC2CC2)n1)C(=O)N(C)C1CC1. The predicted octanol–water partition coefficient (Wildman–Crippen LogP) is 3.66. The summed E-state index contributed by atoms with van der Waals surface area (Å²) in [5, 5.41) is 3.03. The highest BCUT2D eigenvalue weighted by Gasteiger charge is 2.43. The zero-order valence-electron chi connectivity index (χ0n) is 17.9. The van der Waals surface area contributed by atoms with Gasteiger partial charge in [0.05, 0.1) is 6.61 Å². The molecular formula is C23H33N3O3. The summed E-state index contributed by atoms with van der Waals surface area (Å²) in [7, 11) is 1.85. The van der Waals surface area contributed by atoms with E-state index in [1.165, 1.54) is 12.8 Å². The highest BCUT2D eigenvalue weighted by atomic mass is 16.5. The number of hydrogen-bond acceptors (Lipinski definition) is 4. The van der Waals surface area contributed by atoms with Crippen LogP contribution >= 0.6 is 0 Å². The number of carbonyl (C=O) groups is 2. The smallest absolute Gasteiger partial charge is 0.270 e. The van der Waals surface area contributed by atoms with E-state index in [2.05, 4.69) is 10.3 Å². The summed E-state index contributed by atoms with van der Waals surface area (Å²) in [6.07, 6.45) is 7.94. The first kappa shape index (κ1) is 20.2. The maximum atomic E-state index is 13.1. The van der Waals surface area contributed by atoms with Crippen LogP contribution in [0.3, 0.4) is 0 Å². The summed E-state index contributed by atoms with van der Waals surface area (Å²) in [5.74, 6) is 1.44. The Morgan fingerprint density at radius 3 is 2.38 bits per heavy atom. The number of aromatic nitrogens is 1. The Morgan fingerprint density at radius 1 is 1.14 bits per heavy atom. The van der Waals surface area contributed by atoms with Crippen molar-refractivity contribution in [1.29, 1.82) is 0 Å². The first-order chi connectivity index (χ1) is 14.0. The molecule has 2 amide bonds. The molecule has 29 heavy (non-hydrogen) atoms. The minimum atomic E-state index is -0.889. The number of likely N-dealkylation sites (N-methyl/N-ethyl adjacent to an activating group) is 1. The maximum absolute atomic E-state index is 13.1. The summed E-state index contributed by atoms with van der Waals surface area (Å²) in [6, 6.07) is 4.08. The zero-order chi connectivity index (χ0) is 20.6. The number of carbonyl (C=O) groups excluding carboxylic acids is 2. The van der Waals surface area contributed by atoms with E-state index in [9.17, 15) is 9.59 Å². The molecule has 0 aromatic carbocycles. The van der Waals surface area contributed by atoms with Crippen molar-refractivity contribution in [1.82, 2.24) is 15.2 Å². The average Bonchev–Trinajstić information content (AvgIpc) is 3.60. The molecule has 0 radical (unpaired) electrons. The second kappa shape index (κ2) is 7.96. The average molecular weight is 400 g/mol. The van der Waals surface area contributed by atoms with Crippen molar-refractivity contribution in [3.63, 3.8) is 0 Å². The molecule has 6 nitrogen and oxygen atoms in total. The molecule has 1 aromatic heterocycles. The fourth-order valence-corrected chi connectivity index (χ4v) is 3.91. The van der Waals surface area contributed by atoms with E-state index < -0.39 is 5.54 Å². The molecule has 1 aromatic rings. The fourth-order valence-electron chi connectivity index (χ4n) is 3.91.